The molecule has 0 spiro atoms. The summed E-state index contributed by atoms with van der Waals surface area (Å²) in [6, 6.07) is 5.87. The van der Waals surface area contributed by atoms with Crippen molar-refractivity contribution in [1.82, 2.24) is 10.6 Å². The quantitative estimate of drug-likeness (QED) is 0.733. The molecule has 0 aromatic heterocycles. The second-order valence-corrected chi connectivity index (χ2v) is 7.97. The maximum atomic E-state index is 11.7. The Hall–Kier alpha value is -1.80. The molecular formula is C14H18ClN3O4S. The Morgan fingerprint density at radius 2 is 1.91 bits per heavy atom. The smallest absolute Gasteiger partial charge is 0.315 e. The standard InChI is InChI=1S/C14H18ClN3O4S/c15-10-1-3-11(4-2-10)17-13(19)5-7-16-14(20)18-12-6-8-23(21,22)9-12/h1-4,12H,5-9H2,(H,17,19)(H2,16,18,20)/t12-/m0/s1. The van der Waals surface area contributed by atoms with Crippen molar-refractivity contribution in [3.8, 4) is 0 Å². The minimum absolute atomic E-state index is 0.0303. The van der Waals surface area contributed by atoms with Crippen molar-refractivity contribution in [3.05, 3.63) is 29.3 Å². The molecule has 1 aliphatic heterocycles. The molecule has 3 N–H and O–H groups in total. The fourth-order valence-corrected chi connectivity index (χ4v) is 3.99. The number of rotatable bonds is 5. The maximum absolute atomic E-state index is 11.7. The predicted molar refractivity (Wildman–Crippen MR) is 88.3 cm³/mol. The van der Waals surface area contributed by atoms with Crippen molar-refractivity contribution >= 4 is 39.1 Å². The molecule has 23 heavy (non-hydrogen) atoms. The van der Waals surface area contributed by atoms with Gasteiger partial charge in [0.25, 0.3) is 0 Å². The highest BCUT2D eigenvalue weighted by Gasteiger charge is 2.28. The van der Waals surface area contributed by atoms with Gasteiger partial charge in [0.05, 0.1) is 11.5 Å². The Labute approximate surface area is 139 Å². The van der Waals surface area contributed by atoms with Gasteiger partial charge in [0.1, 0.15) is 0 Å². The lowest BCUT2D eigenvalue weighted by Gasteiger charge is -2.12. The fourth-order valence-electron chi connectivity index (χ4n) is 2.19. The van der Waals surface area contributed by atoms with Crippen LogP contribution in [-0.4, -0.2) is 44.4 Å². The van der Waals surface area contributed by atoms with E-state index in [0.29, 0.717) is 17.1 Å². The third-order valence-corrected chi connectivity index (χ3v) is 5.35. The first-order valence-corrected chi connectivity index (χ1v) is 9.34. The summed E-state index contributed by atoms with van der Waals surface area (Å²) in [5, 5.41) is 8.38. The lowest BCUT2D eigenvalue weighted by molar-refractivity contribution is -0.116. The third-order valence-electron chi connectivity index (χ3n) is 3.33. The Morgan fingerprint density at radius 1 is 1.22 bits per heavy atom. The number of anilines is 1. The molecule has 0 radical (unpaired) electrons. The number of carbonyl (C=O) groups excluding carboxylic acids is 2. The summed E-state index contributed by atoms with van der Waals surface area (Å²) in [7, 11) is -3.03. The van der Waals surface area contributed by atoms with Crippen LogP contribution in [0, 0.1) is 0 Å². The van der Waals surface area contributed by atoms with Crippen LogP contribution in [0.2, 0.25) is 5.02 Å². The van der Waals surface area contributed by atoms with Crippen LogP contribution in [0.1, 0.15) is 12.8 Å². The molecule has 9 heteroatoms. The van der Waals surface area contributed by atoms with E-state index in [-0.39, 0.29) is 36.4 Å². The van der Waals surface area contributed by atoms with Gasteiger partial charge in [-0.3, -0.25) is 4.79 Å². The van der Waals surface area contributed by atoms with Crippen LogP contribution in [0.4, 0.5) is 10.5 Å². The average molecular weight is 360 g/mol. The van der Waals surface area contributed by atoms with E-state index in [9.17, 15) is 18.0 Å². The summed E-state index contributed by atoms with van der Waals surface area (Å²) in [5.74, 6) is -0.171. The van der Waals surface area contributed by atoms with E-state index in [4.69, 9.17) is 11.6 Å². The number of hydrogen-bond acceptors (Lipinski definition) is 4. The highest BCUT2D eigenvalue weighted by Crippen LogP contribution is 2.13. The Kier molecular flexibility index (Phi) is 5.84. The van der Waals surface area contributed by atoms with Gasteiger partial charge in [-0.25, -0.2) is 13.2 Å². The van der Waals surface area contributed by atoms with Crippen molar-refractivity contribution < 1.29 is 18.0 Å². The minimum Gasteiger partial charge on any atom is -0.338 e. The van der Waals surface area contributed by atoms with Crippen LogP contribution in [0.3, 0.4) is 0 Å². The number of benzene rings is 1. The largest absolute Gasteiger partial charge is 0.338 e. The summed E-state index contributed by atoms with van der Waals surface area (Å²) >= 11 is 5.75. The average Bonchev–Trinajstić information content (AvgIpc) is 2.80. The third kappa shape index (κ3) is 6.07. The molecule has 0 bridgehead atoms. The molecule has 0 unspecified atom stereocenters. The van der Waals surface area contributed by atoms with E-state index >= 15 is 0 Å². The molecular weight excluding hydrogens is 342 g/mol. The normalized spacial score (nSPS) is 19.1. The first kappa shape index (κ1) is 17.6. The van der Waals surface area contributed by atoms with Crippen molar-refractivity contribution in [2.75, 3.05) is 23.4 Å². The van der Waals surface area contributed by atoms with Gasteiger partial charge in [-0.2, -0.15) is 0 Å². The molecule has 1 atom stereocenters. The van der Waals surface area contributed by atoms with Gasteiger partial charge in [-0.1, -0.05) is 11.6 Å². The first-order chi connectivity index (χ1) is 10.8. The topological polar surface area (TPSA) is 104 Å². The van der Waals surface area contributed by atoms with Gasteiger partial charge in [0.2, 0.25) is 5.91 Å². The zero-order chi connectivity index (χ0) is 16.9. The predicted octanol–water partition coefficient (Wildman–Crippen LogP) is 1.15. The van der Waals surface area contributed by atoms with Crippen LogP contribution in [-0.2, 0) is 14.6 Å². The number of amides is 3. The van der Waals surface area contributed by atoms with Crippen molar-refractivity contribution in [1.29, 1.82) is 0 Å². The highest BCUT2D eigenvalue weighted by atomic mass is 35.5. The van der Waals surface area contributed by atoms with Gasteiger partial charge in [0.15, 0.2) is 9.84 Å². The SMILES string of the molecule is O=C(CCNC(=O)N[C@H]1CCS(=O)(=O)C1)Nc1ccc(Cl)cc1. The fraction of sp³-hybridized carbons (Fsp3) is 0.429. The minimum atomic E-state index is -3.03. The molecule has 3 amide bonds. The van der Waals surface area contributed by atoms with Crippen molar-refractivity contribution in [3.63, 3.8) is 0 Å². The monoisotopic (exact) mass is 359 g/mol. The molecule has 1 saturated heterocycles. The van der Waals surface area contributed by atoms with Gasteiger partial charge < -0.3 is 16.0 Å². The summed E-state index contributed by atoms with van der Waals surface area (Å²) < 4.78 is 22.6. The van der Waals surface area contributed by atoms with E-state index in [2.05, 4.69) is 16.0 Å². The van der Waals surface area contributed by atoms with E-state index in [1.807, 2.05) is 0 Å². The molecule has 2 rings (SSSR count). The Bertz CT molecular complexity index is 676. The lowest BCUT2D eigenvalue weighted by atomic mass is 10.3. The molecule has 1 fully saturated rings. The van der Waals surface area contributed by atoms with Crippen LogP contribution >= 0.6 is 11.6 Å². The molecule has 0 aliphatic carbocycles. The number of halogens is 1. The second kappa shape index (κ2) is 7.65. The first-order valence-electron chi connectivity index (χ1n) is 7.14. The highest BCUT2D eigenvalue weighted by molar-refractivity contribution is 7.91. The molecule has 1 aromatic carbocycles. The van der Waals surface area contributed by atoms with Crippen LogP contribution < -0.4 is 16.0 Å². The van der Waals surface area contributed by atoms with E-state index in [0.717, 1.165) is 0 Å². The molecule has 1 aliphatic rings. The Morgan fingerprint density at radius 3 is 2.52 bits per heavy atom. The van der Waals surface area contributed by atoms with Gasteiger partial charge in [0, 0.05) is 29.7 Å². The molecule has 0 saturated carbocycles. The zero-order valence-corrected chi connectivity index (χ0v) is 13.9. The molecule has 7 nitrogen and oxygen atoms in total. The van der Waals surface area contributed by atoms with Gasteiger partial charge in [-0.05, 0) is 30.7 Å². The van der Waals surface area contributed by atoms with Crippen LogP contribution in [0.25, 0.3) is 0 Å². The van der Waals surface area contributed by atoms with E-state index in [1.54, 1.807) is 24.3 Å². The summed E-state index contributed by atoms with van der Waals surface area (Å²) in [6.07, 6.45) is 0.534. The number of carbonyl (C=O) groups is 2. The molecule has 126 valence electrons. The van der Waals surface area contributed by atoms with Crippen molar-refractivity contribution in [2.45, 2.75) is 18.9 Å². The van der Waals surface area contributed by atoms with E-state index < -0.39 is 15.9 Å². The van der Waals surface area contributed by atoms with Gasteiger partial charge in [-0.15, -0.1) is 0 Å². The van der Waals surface area contributed by atoms with Gasteiger partial charge >= 0.3 is 6.03 Å². The summed E-state index contributed by atoms with van der Waals surface area (Å²) in [6.45, 7) is 0.157. The lowest BCUT2D eigenvalue weighted by Crippen LogP contribution is -2.43. The summed E-state index contributed by atoms with van der Waals surface area (Å²) in [5.41, 5.74) is 0.625. The molecule has 1 heterocycles. The zero-order valence-electron chi connectivity index (χ0n) is 12.3. The van der Waals surface area contributed by atoms with Crippen LogP contribution in [0.5, 0.6) is 0 Å². The second-order valence-electron chi connectivity index (χ2n) is 5.31. The summed E-state index contributed by atoms with van der Waals surface area (Å²) in [4.78, 5) is 23.3. The maximum Gasteiger partial charge on any atom is 0.315 e. The number of sulfone groups is 1. The van der Waals surface area contributed by atoms with E-state index in [1.165, 1.54) is 0 Å². The number of urea groups is 1. The Balaban J connectivity index is 1.65. The number of hydrogen-bond donors (Lipinski definition) is 3. The molecule has 1 aromatic rings. The number of nitrogens with one attached hydrogen (secondary N) is 3. The van der Waals surface area contributed by atoms with Crippen molar-refractivity contribution in [2.24, 2.45) is 0 Å². The van der Waals surface area contributed by atoms with Crippen LogP contribution in [0.15, 0.2) is 24.3 Å².